The molecule has 0 spiro atoms. The van der Waals surface area contributed by atoms with Gasteiger partial charge in [0.05, 0.1) is 0 Å². The summed E-state index contributed by atoms with van der Waals surface area (Å²) in [7, 11) is 0. The number of nitrogens with zero attached hydrogens (tertiary/aromatic N) is 3. The molecule has 4 rings (SSSR count). The molecule has 0 fully saturated rings. The predicted octanol–water partition coefficient (Wildman–Crippen LogP) is 6.29. The van der Waals surface area contributed by atoms with Crippen LogP contribution >= 0.6 is 11.8 Å². The van der Waals surface area contributed by atoms with Gasteiger partial charge in [0.2, 0.25) is 5.91 Å². The van der Waals surface area contributed by atoms with Crippen molar-refractivity contribution in [3.05, 3.63) is 113 Å². The van der Waals surface area contributed by atoms with Gasteiger partial charge in [-0.15, -0.1) is 10.2 Å². The topological polar surface area (TPSA) is 59.8 Å². The van der Waals surface area contributed by atoms with Crippen LogP contribution in [0.1, 0.15) is 47.3 Å². The van der Waals surface area contributed by atoms with Gasteiger partial charge < -0.3 is 9.88 Å². The lowest BCUT2D eigenvalue weighted by Gasteiger charge is -2.11. The first-order valence-electron chi connectivity index (χ1n) is 12.7. The molecule has 0 aliphatic heterocycles. The third-order valence-corrected chi connectivity index (χ3v) is 7.26. The maximum Gasteiger partial charge on any atom is 0.220 e. The lowest BCUT2D eigenvalue weighted by molar-refractivity contribution is -0.121. The molecule has 1 amide bonds. The third kappa shape index (κ3) is 8.29. The van der Waals surface area contributed by atoms with Gasteiger partial charge in [-0.1, -0.05) is 90.1 Å². The highest BCUT2D eigenvalue weighted by Gasteiger charge is 2.14. The molecule has 0 unspecified atom stereocenters. The zero-order valence-corrected chi connectivity index (χ0v) is 22.0. The second-order valence-electron chi connectivity index (χ2n) is 9.14. The fraction of sp³-hybridized carbons (Fsp3) is 0.300. The Hall–Kier alpha value is -3.45. The summed E-state index contributed by atoms with van der Waals surface area (Å²) in [5.41, 5.74) is 4.21. The van der Waals surface area contributed by atoms with E-state index in [0.29, 0.717) is 24.3 Å². The average Bonchev–Trinajstić information content (AvgIpc) is 3.31. The zero-order chi connectivity index (χ0) is 25.9. The Morgan fingerprint density at radius 3 is 2.43 bits per heavy atom. The number of nitrogens with one attached hydrogen (secondary N) is 1. The van der Waals surface area contributed by atoms with Crippen LogP contribution < -0.4 is 5.32 Å². The first-order chi connectivity index (χ1) is 18.1. The lowest BCUT2D eigenvalue weighted by atomic mass is 10.1. The van der Waals surface area contributed by atoms with Gasteiger partial charge in [-0.05, 0) is 48.9 Å². The Labute approximate surface area is 222 Å². The van der Waals surface area contributed by atoms with E-state index in [4.69, 9.17) is 0 Å². The molecule has 0 radical (unpaired) electrons. The number of rotatable bonds is 13. The summed E-state index contributed by atoms with van der Waals surface area (Å²) in [6, 6.07) is 25.4. The van der Waals surface area contributed by atoms with E-state index in [-0.39, 0.29) is 11.7 Å². The van der Waals surface area contributed by atoms with Crippen molar-refractivity contribution in [1.29, 1.82) is 0 Å². The van der Waals surface area contributed by atoms with Crippen molar-refractivity contribution in [2.24, 2.45) is 0 Å². The van der Waals surface area contributed by atoms with E-state index < -0.39 is 0 Å². The molecule has 0 bridgehead atoms. The number of amides is 1. The molecule has 0 saturated heterocycles. The molecular weight excluding hydrogens is 483 g/mol. The number of aromatic nitrogens is 3. The van der Waals surface area contributed by atoms with Crippen LogP contribution in [0, 0.1) is 12.7 Å². The Bertz CT molecular complexity index is 1270. The summed E-state index contributed by atoms with van der Waals surface area (Å²) in [6.07, 6.45) is 3.72. The largest absolute Gasteiger partial charge is 0.352 e. The highest BCUT2D eigenvalue weighted by atomic mass is 32.2. The second kappa shape index (κ2) is 13.7. The molecule has 0 atom stereocenters. The van der Waals surface area contributed by atoms with Crippen molar-refractivity contribution in [2.75, 3.05) is 0 Å². The summed E-state index contributed by atoms with van der Waals surface area (Å²) >= 11 is 1.50. The van der Waals surface area contributed by atoms with Gasteiger partial charge in [0.25, 0.3) is 0 Å². The number of benzene rings is 3. The van der Waals surface area contributed by atoms with Gasteiger partial charge in [0.15, 0.2) is 5.16 Å². The van der Waals surface area contributed by atoms with Gasteiger partial charge >= 0.3 is 0 Å². The van der Waals surface area contributed by atoms with Crippen LogP contribution in [-0.4, -0.2) is 20.7 Å². The van der Waals surface area contributed by atoms with E-state index in [0.717, 1.165) is 48.8 Å². The number of carbonyl (C=O) groups excluding carboxylic acids is 1. The summed E-state index contributed by atoms with van der Waals surface area (Å²) in [5, 5.41) is 12.7. The number of thioether (sulfide) groups is 1. The molecule has 7 heteroatoms. The monoisotopic (exact) mass is 516 g/mol. The van der Waals surface area contributed by atoms with Gasteiger partial charge in [0.1, 0.15) is 11.6 Å². The fourth-order valence-electron chi connectivity index (χ4n) is 4.04. The molecule has 1 N–H and O–H groups in total. The standard InChI is InChI=1S/C30H33FN4OS/c1-23-15-17-25(18-16-23)21-32-29(36)14-8-7-13-28-33-34-30(37-22-26-11-5-6-12-27(26)31)35(28)20-19-24-9-3-2-4-10-24/h2-6,9-12,15-18H,7-8,13-14,19-22H2,1H3,(H,32,36). The van der Waals surface area contributed by atoms with Crippen LogP contribution in [0.2, 0.25) is 0 Å². The number of halogens is 1. The molecule has 0 aliphatic rings. The van der Waals surface area contributed by atoms with Gasteiger partial charge in [-0.2, -0.15) is 0 Å². The van der Waals surface area contributed by atoms with Gasteiger partial charge in [0, 0.05) is 31.7 Å². The number of unbranched alkanes of at least 4 members (excludes halogenated alkanes) is 1. The maximum absolute atomic E-state index is 14.1. The van der Waals surface area contributed by atoms with Crippen LogP contribution in [0.5, 0.6) is 0 Å². The highest BCUT2D eigenvalue weighted by Crippen LogP contribution is 2.24. The minimum Gasteiger partial charge on any atom is -0.352 e. The SMILES string of the molecule is Cc1ccc(CNC(=O)CCCCc2nnc(SCc3ccccc3F)n2CCc2ccccc2)cc1. The van der Waals surface area contributed by atoms with E-state index >= 15 is 0 Å². The molecule has 0 saturated carbocycles. The van der Waals surface area contributed by atoms with Crippen molar-refractivity contribution < 1.29 is 9.18 Å². The Balaban J connectivity index is 1.31. The van der Waals surface area contributed by atoms with Crippen LogP contribution in [0.3, 0.4) is 0 Å². The maximum atomic E-state index is 14.1. The van der Waals surface area contributed by atoms with Crippen LogP contribution in [0.15, 0.2) is 84.0 Å². The summed E-state index contributed by atoms with van der Waals surface area (Å²) in [6.45, 7) is 3.36. The predicted molar refractivity (Wildman–Crippen MR) is 147 cm³/mol. The van der Waals surface area contributed by atoms with E-state index in [9.17, 15) is 9.18 Å². The van der Waals surface area contributed by atoms with Crippen molar-refractivity contribution >= 4 is 17.7 Å². The molecule has 192 valence electrons. The Kier molecular flexibility index (Phi) is 9.89. The summed E-state index contributed by atoms with van der Waals surface area (Å²) in [4.78, 5) is 12.3. The molecule has 5 nitrogen and oxygen atoms in total. The van der Waals surface area contributed by atoms with Crippen molar-refractivity contribution in [2.45, 2.75) is 63.0 Å². The zero-order valence-electron chi connectivity index (χ0n) is 21.2. The second-order valence-corrected chi connectivity index (χ2v) is 10.1. The smallest absolute Gasteiger partial charge is 0.220 e. The average molecular weight is 517 g/mol. The van der Waals surface area contributed by atoms with Crippen molar-refractivity contribution in [3.8, 4) is 0 Å². The van der Waals surface area contributed by atoms with E-state index in [1.807, 2.05) is 36.4 Å². The van der Waals surface area contributed by atoms with Crippen LogP contribution in [0.25, 0.3) is 0 Å². The van der Waals surface area contributed by atoms with Gasteiger partial charge in [-0.25, -0.2) is 4.39 Å². The van der Waals surface area contributed by atoms with Crippen LogP contribution in [-0.2, 0) is 36.5 Å². The van der Waals surface area contributed by atoms with E-state index in [2.05, 4.69) is 51.3 Å². The Morgan fingerprint density at radius 2 is 1.65 bits per heavy atom. The highest BCUT2D eigenvalue weighted by molar-refractivity contribution is 7.98. The van der Waals surface area contributed by atoms with E-state index in [1.165, 1.54) is 29.0 Å². The molecule has 0 aliphatic carbocycles. The molecule has 37 heavy (non-hydrogen) atoms. The number of hydrogen-bond acceptors (Lipinski definition) is 4. The normalized spacial score (nSPS) is 11.0. The van der Waals surface area contributed by atoms with E-state index in [1.54, 1.807) is 12.1 Å². The Morgan fingerprint density at radius 1 is 0.892 bits per heavy atom. The van der Waals surface area contributed by atoms with Crippen LogP contribution in [0.4, 0.5) is 4.39 Å². The minimum absolute atomic E-state index is 0.0623. The van der Waals surface area contributed by atoms with Crippen molar-refractivity contribution in [1.82, 2.24) is 20.1 Å². The lowest BCUT2D eigenvalue weighted by Crippen LogP contribution is -2.22. The van der Waals surface area contributed by atoms with Crippen molar-refractivity contribution in [3.63, 3.8) is 0 Å². The third-order valence-electron chi connectivity index (χ3n) is 6.24. The molecule has 3 aromatic carbocycles. The minimum atomic E-state index is -0.203. The van der Waals surface area contributed by atoms with Gasteiger partial charge in [-0.3, -0.25) is 4.79 Å². The first-order valence-corrected chi connectivity index (χ1v) is 13.7. The molecular formula is C30H33FN4OS. The number of hydrogen-bond donors (Lipinski definition) is 1. The summed E-state index contributed by atoms with van der Waals surface area (Å²) in [5.74, 6) is 1.27. The first kappa shape index (κ1) is 26.6. The molecule has 1 heterocycles. The number of aryl methyl sites for hydroxylation is 3. The quantitative estimate of drug-likeness (QED) is 0.168. The number of carbonyl (C=O) groups is 1. The summed E-state index contributed by atoms with van der Waals surface area (Å²) < 4.78 is 16.3. The molecule has 4 aromatic rings. The molecule has 1 aromatic heterocycles. The fourth-order valence-corrected chi connectivity index (χ4v) is 5.01.